The highest BCUT2D eigenvalue weighted by Crippen LogP contribution is 2.31. The topological polar surface area (TPSA) is 93.5 Å². The number of hydrogen-bond donors (Lipinski definition) is 3. The molecule has 6 rings (SSSR count). The molecule has 5 aromatic rings. The van der Waals surface area contributed by atoms with Crippen LogP contribution in [0.5, 0.6) is 5.75 Å². The van der Waals surface area contributed by atoms with Gasteiger partial charge in [0.1, 0.15) is 5.75 Å². The number of ether oxygens (including phenoxy) is 1. The van der Waals surface area contributed by atoms with Crippen LogP contribution in [0.4, 0.5) is 0 Å². The fourth-order valence-corrected chi connectivity index (χ4v) is 6.44. The summed E-state index contributed by atoms with van der Waals surface area (Å²) >= 11 is 6.27. The number of H-pyrrole nitrogens is 2. The van der Waals surface area contributed by atoms with Crippen LogP contribution in [0.1, 0.15) is 30.0 Å². The molecule has 3 aromatic carbocycles. The Bertz CT molecular complexity index is 1860. The van der Waals surface area contributed by atoms with Crippen molar-refractivity contribution in [2.75, 3.05) is 33.3 Å². The molecule has 45 heavy (non-hydrogen) atoms. The lowest BCUT2D eigenvalue weighted by molar-refractivity contribution is -0.131. The van der Waals surface area contributed by atoms with Crippen molar-refractivity contribution >= 4 is 50.8 Å². The van der Waals surface area contributed by atoms with Gasteiger partial charge in [0.2, 0.25) is 11.8 Å². The molecule has 9 heteroatoms. The number of halogens is 1. The van der Waals surface area contributed by atoms with Crippen molar-refractivity contribution in [1.29, 1.82) is 0 Å². The molecular formula is C36H38ClN5O3. The molecular weight excluding hydrogens is 586 g/mol. The van der Waals surface area contributed by atoms with Crippen molar-refractivity contribution in [3.05, 3.63) is 107 Å². The van der Waals surface area contributed by atoms with Crippen molar-refractivity contribution in [2.24, 2.45) is 0 Å². The second-order valence-electron chi connectivity index (χ2n) is 11.6. The van der Waals surface area contributed by atoms with Crippen LogP contribution in [-0.2, 0) is 22.6 Å². The van der Waals surface area contributed by atoms with Crippen molar-refractivity contribution in [3.8, 4) is 5.75 Å². The van der Waals surface area contributed by atoms with Gasteiger partial charge in [-0.3, -0.25) is 14.5 Å². The van der Waals surface area contributed by atoms with Gasteiger partial charge in [0, 0.05) is 83.5 Å². The molecule has 2 aromatic heterocycles. The summed E-state index contributed by atoms with van der Waals surface area (Å²) < 4.78 is 5.54. The molecule has 0 bridgehead atoms. The van der Waals surface area contributed by atoms with Gasteiger partial charge in [0.05, 0.1) is 19.7 Å². The molecule has 0 saturated carbocycles. The summed E-state index contributed by atoms with van der Waals surface area (Å²) in [4.78, 5) is 37.0. The number of nitrogens with zero attached hydrogens (tertiary/aromatic N) is 2. The molecule has 0 radical (unpaired) electrons. The fraction of sp³-hybridized carbons (Fsp3) is 0.278. The number of fused-ring (bicyclic) bond motifs is 2. The minimum absolute atomic E-state index is 0.0589. The number of rotatable bonds is 11. The normalized spacial score (nSPS) is 14.3. The molecule has 2 amide bonds. The van der Waals surface area contributed by atoms with Crippen molar-refractivity contribution < 1.29 is 14.3 Å². The van der Waals surface area contributed by atoms with E-state index in [4.69, 9.17) is 16.3 Å². The second-order valence-corrected chi connectivity index (χ2v) is 12.1. The first-order valence-electron chi connectivity index (χ1n) is 15.3. The molecule has 1 aliphatic heterocycles. The van der Waals surface area contributed by atoms with Crippen molar-refractivity contribution in [1.82, 2.24) is 25.1 Å². The predicted molar refractivity (Wildman–Crippen MR) is 180 cm³/mol. The fourth-order valence-electron chi connectivity index (χ4n) is 6.27. The van der Waals surface area contributed by atoms with E-state index in [9.17, 15) is 9.59 Å². The van der Waals surface area contributed by atoms with Gasteiger partial charge < -0.3 is 24.9 Å². The average molecular weight is 624 g/mol. The van der Waals surface area contributed by atoms with Crippen LogP contribution in [0.25, 0.3) is 27.4 Å². The molecule has 3 heterocycles. The average Bonchev–Trinajstić information content (AvgIpc) is 3.65. The molecule has 1 aliphatic rings. The van der Waals surface area contributed by atoms with E-state index in [2.05, 4.69) is 32.3 Å². The zero-order chi connectivity index (χ0) is 31.3. The van der Waals surface area contributed by atoms with Crippen LogP contribution in [0.2, 0.25) is 5.02 Å². The van der Waals surface area contributed by atoms with E-state index in [1.807, 2.05) is 73.1 Å². The number of carbonyl (C=O) groups excluding carboxylic acids is 2. The highest BCUT2D eigenvalue weighted by molar-refractivity contribution is 6.31. The van der Waals surface area contributed by atoms with E-state index in [1.54, 1.807) is 18.9 Å². The summed E-state index contributed by atoms with van der Waals surface area (Å²) in [7, 11) is 1.63. The highest BCUT2D eigenvalue weighted by atomic mass is 35.5. The quantitative estimate of drug-likeness (QED) is 0.164. The van der Waals surface area contributed by atoms with E-state index >= 15 is 0 Å². The van der Waals surface area contributed by atoms with Crippen molar-refractivity contribution in [2.45, 2.75) is 32.4 Å². The summed E-state index contributed by atoms with van der Waals surface area (Å²) in [6, 6.07) is 21.4. The molecule has 0 spiro atoms. The number of aromatic nitrogens is 2. The minimum Gasteiger partial charge on any atom is -0.496 e. The van der Waals surface area contributed by atoms with E-state index in [-0.39, 0.29) is 24.4 Å². The molecule has 1 unspecified atom stereocenters. The Morgan fingerprint density at radius 3 is 2.58 bits per heavy atom. The SMILES string of the molecule is COc1ccccc1CN(CC(Cc1c[nH]c2ccccc12)NC(=O)CN1CC=C(c2c[nH]c3ccc(Cl)cc23)CC1)C(C)=O. The van der Waals surface area contributed by atoms with Crippen LogP contribution >= 0.6 is 11.6 Å². The van der Waals surface area contributed by atoms with Crippen LogP contribution in [0, 0.1) is 0 Å². The lowest BCUT2D eigenvalue weighted by Gasteiger charge is -2.30. The molecule has 232 valence electrons. The van der Waals surface area contributed by atoms with Crippen LogP contribution in [0.3, 0.4) is 0 Å². The Morgan fingerprint density at radius 2 is 1.78 bits per heavy atom. The number of nitrogens with one attached hydrogen (secondary N) is 3. The van der Waals surface area contributed by atoms with E-state index in [1.165, 1.54) is 5.57 Å². The third-order valence-electron chi connectivity index (χ3n) is 8.60. The first kappa shape index (κ1) is 30.5. The summed E-state index contributed by atoms with van der Waals surface area (Å²) in [5, 5.41) is 6.22. The number of hydrogen-bond acceptors (Lipinski definition) is 4. The predicted octanol–water partition coefficient (Wildman–Crippen LogP) is 6.18. The number of methoxy groups -OCH3 is 1. The number of benzene rings is 3. The van der Waals surface area contributed by atoms with Gasteiger partial charge in [0.25, 0.3) is 0 Å². The van der Waals surface area contributed by atoms with E-state index in [0.717, 1.165) is 57.2 Å². The Balaban J connectivity index is 1.16. The van der Waals surface area contributed by atoms with Crippen LogP contribution < -0.4 is 10.1 Å². The maximum absolute atomic E-state index is 13.5. The number of carbonyl (C=O) groups is 2. The molecule has 8 nitrogen and oxygen atoms in total. The van der Waals surface area contributed by atoms with Gasteiger partial charge in [0.15, 0.2) is 0 Å². The first-order chi connectivity index (χ1) is 21.9. The summed E-state index contributed by atoms with van der Waals surface area (Å²) in [5.41, 5.74) is 6.54. The third-order valence-corrected chi connectivity index (χ3v) is 8.83. The van der Waals surface area contributed by atoms with E-state index < -0.39 is 0 Å². The maximum Gasteiger partial charge on any atom is 0.234 e. The zero-order valence-electron chi connectivity index (χ0n) is 25.6. The third kappa shape index (κ3) is 7.08. The lowest BCUT2D eigenvalue weighted by atomic mass is 9.99. The van der Waals surface area contributed by atoms with Gasteiger partial charge >= 0.3 is 0 Å². The second kappa shape index (κ2) is 13.6. The highest BCUT2D eigenvalue weighted by Gasteiger charge is 2.24. The molecule has 1 atom stereocenters. The monoisotopic (exact) mass is 623 g/mol. The smallest absolute Gasteiger partial charge is 0.234 e. The van der Waals surface area contributed by atoms with Crippen LogP contribution in [-0.4, -0.2) is 70.9 Å². The Morgan fingerprint density at radius 1 is 1.00 bits per heavy atom. The zero-order valence-corrected chi connectivity index (χ0v) is 26.4. The molecule has 0 saturated heterocycles. The molecule has 0 fully saturated rings. The van der Waals surface area contributed by atoms with Crippen molar-refractivity contribution in [3.63, 3.8) is 0 Å². The number of amides is 2. The van der Waals surface area contributed by atoms with Gasteiger partial charge in [-0.1, -0.05) is 54.1 Å². The van der Waals surface area contributed by atoms with Gasteiger partial charge in [-0.05, 0) is 54.3 Å². The van der Waals surface area contributed by atoms with Gasteiger partial charge in [-0.25, -0.2) is 0 Å². The molecule has 0 aliphatic carbocycles. The van der Waals surface area contributed by atoms with Gasteiger partial charge in [-0.2, -0.15) is 0 Å². The first-order valence-corrected chi connectivity index (χ1v) is 15.7. The van der Waals surface area contributed by atoms with E-state index in [0.29, 0.717) is 31.1 Å². The van der Waals surface area contributed by atoms with Gasteiger partial charge in [-0.15, -0.1) is 0 Å². The standard InChI is InChI=1S/C36H38ClN5O3/c1-24(43)42(21-26-7-3-6-10-35(26)45-2)22-29(17-27-19-38-33-9-5-4-8-30(27)33)40-36(44)23-41-15-13-25(14-16-41)32-20-39-34-12-11-28(37)18-31(32)34/h3-13,18-20,29,38-39H,14-17,21-23H2,1-2H3,(H,40,44). The number of para-hydroxylation sites is 2. The number of aromatic amines is 2. The Kier molecular flexibility index (Phi) is 9.23. The minimum atomic E-state index is -0.290. The lowest BCUT2D eigenvalue weighted by Crippen LogP contribution is -2.49. The Hall–Kier alpha value is -4.53. The largest absolute Gasteiger partial charge is 0.496 e. The van der Waals surface area contributed by atoms with Crippen LogP contribution in [0.15, 0.2) is 85.2 Å². The molecule has 3 N–H and O–H groups in total. The summed E-state index contributed by atoms with van der Waals surface area (Å²) in [6.45, 7) is 4.05. The maximum atomic E-state index is 13.5. The summed E-state index contributed by atoms with van der Waals surface area (Å²) in [6.07, 6.45) is 7.66. The summed E-state index contributed by atoms with van der Waals surface area (Å²) in [5.74, 6) is 0.608. The Labute approximate surface area is 268 Å².